The number of benzene rings is 2. The van der Waals surface area contributed by atoms with Crippen LogP contribution in [0.25, 0.3) is 44.7 Å². The molecule has 4 saturated heterocycles. The van der Waals surface area contributed by atoms with Gasteiger partial charge in [-0.3, -0.25) is 14.2 Å². The molecule has 11 rings (SSSR count). The summed E-state index contributed by atoms with van der Waals surface area (Å²) < 4.78 is 48.0. The smallest absolute Gasteiger partial charge is 0.407 e. The zero-order chi connectivity index (χ0) is 53.8. The quantitative estimate of drug-likeness (QED) is 0.0907. The van der Waals surface area contributed by atoms with E-state index in [0.29, 0.717) is 91.5 Å². The maximum atomic E-state index is 17.1. The van der Waals surface area contributed by atoms with Crippen LogP contribution in [-0.2, 0) is 35.0 Å². The van der Waals surface area contributed by atoms with Gasteiger partial charge in [-0.2, -0.15) is 0 Å². The fourth-order valence-corrected chi connectivity index (χ4v) is 13.9. The number of hydrogen-bond donors (Lipinski definition) is 4. The number of aromatic amines is 2. The summed E-state index contributed by atoms with van der Waals surface area (Å²) in [5.41, 5.74) is 4.61. The van der Waals surface area contributed by atoms with E-state index in [1.807, 2.05) is 56.9 Å². The minimum Gasteiger partial charge on any atom is -0.464 e. The summed E-state index contributed by atoms with van der Waals surface area (Å²) in [6.07, 6.45) is 7.57. The summed E-state index contributed by atoms with van der Waals surface area (Å²) in [5, 5.41) is 6.58. The van der Waals surface area contributed by atoms with Crippen molar-refractivity contribution in [3.63, 3.8) is 0 Å². The molecular formula is C57H68FN9O9S. The molecule has 408 valence electrons. The van der Waals surface area contributed by atoms with Crippen LogP contribution in [0.5, 0.6) is 5.75 Å². The number of methoxy groups -OCH3 is 2. The SMILES string of the molecule is CCc1ccc(C2Oc3cc(-c4cnc([C@@H]5CCCN5C(=O)C(NC(=O)OC)C5CC(C)OC(C)C5)[nH]4)cc(F)c3-c3cc4cc(-c5cnc([C@@H]6CCCN6C(=O)C(NC(=O)OC)C6CC(C)OC(C)C6)[nH]5)ccc4n32)s1. The molecule has 4 fully saturated rings. The van der Waals surface area contributed by atoms with E-state index < -0.39 is 36.3 Å². The van der Waals surface area contributed by atoms with Crippen LogP contribution in [0.2, 0.25) is 0 Å². The van der Waals surface area contributed by atoms with Gasteiger partial charge in [0.25, 0.3) is 0 Å². The molecular weight excluding hydrogens is 1010 g/mol. The first kappa shape index (κ1) is 52.3. The number of aryl methyl sites for hydroxylation is 1. The Kier molecular flexibility index (Phi) is 14.6. The fraction of sp³-hybridized carbons (Fsp3) is 0.509. The third kappa shape index (κ3) is 10.2. The Hall–Kier alpha value is -6.77. The number of likely N-dealkylation sites (tertiary alicyclic amines) is 2. The third-order valence-corrected chi connectivity index (χ3v) is 17.5. The molecule has 2 aromatic carbocycles. The largest absolute Gasteiger partial charge is 0.464 e. The Morgan fingerprint density at radius 3 is 1.81 bits per heavy atom. The molecule has 0 aliphatic carbocycles. The highest BCUT2D eigenvalue weighted by Crippen LogP contribution is 2.49. The van der Waals surface area contributed by atoms with Crippen molar-refractivity contribution in [2.45, 2.75) is 147 Å². The highest BCUT2D eigenvalue weighted by atomic mass is 32.1. The van der Waals surface area contributed by atoms with Gasteiger partial charge in [0.15, 0.2) is 0 Å². The van der Waals surface area contributed by atoms with Gasteiger partial charge in [0.2, 0.25) is 18.0 Å². The van der Waals surface area contributed by atoms with Crippen LogP contribution >= 0.6 is 11.3 Å². The van der Waals surface area contributed by atoms with E-state index in [1.54, 1.807) is 28.6 Å². The summed E-state index contributed by atoms with van der Waals surface area (Å²) in [7, 11) is 2.59. The van der Waals surface area contributed by atoms with Gasteiger partial charge < -0.3 is 54.1 Å². The summed E-state index contributed by atoms with van der Waals surface area (Å²) in [6.45, 7) is 11.1. The molecule has 4 aromatic heterocycles. The molecule has 0 saturated carbocycles. The number of nitrogens with one attached hydrogen (secondary N) is 4. The van der Waals surface area contributed by atoms with E-state index in [-0.39, 0.29) is 60.1 Å². The number of carbonyl (C=O) groups excluding carboxylic acids is 4. The average molecular weight is 1070 g/mol. The van der Waals surface area contributed by atoms with Crippen molar-refractivity contribution in [2.24, 2.45) is 11.8 Å². The lowest BCUT2D eigenvalue weighted by atomic mass is 9.85. The van der Waals surface area contributed by atoms with Crippen molar-refractivity contribution < 1.29 is 47.3 Å². The Morgan fingerprint density at radius 2 is 1.29 bits per heavy atom. The number of amides is 4. The highest BCUT2D eigenvalue weighted by Gasteiger charge is 2.44. The summed E-state index contributed by atoms with van der Waals surface area (Å²) in [6, 6.07) is 13.4. The van der Waals surface area contributed by atoms with Crippen LogP contribution in [0, 0.1) is 17.7 Å². The van der Waals surface area contributed by atoms with Crippen LogP contribution in [0.1, 0.15) is 126 Å². The van der Waals surface area contributed by atoms with Gasteiger partial charge in [-0.25, -0.2) is 23.9 Å². The number of hydrogen-bond acceptors (Lipinski definition) is 12. The van der Waals surface area contributed by atoms with Crippen molar-refractivity contribution in [3.05, 3.63) is 88.1 Å². The van der Waals surface area contributed by atoms with E-state index in [1.165, 1.54) is 25.2 Å². The number of aromatic nitrogens is 5. The standard InChI is InChI=1S/C57H68FN9O9S/c1-8-38-14-16-47(77-38)55-67-42-15-13-33(40-27-59-51(61-40)43-11-9-17-65(43)53(68)49(63-56(70)72-6)36-19-29(2)74-30(3)20-36)23-35(42)25-45(67)48-39(58)24-34(26-46(48)76-55)41-28-60-52(62-41)44-12-10-18-66(44)54(69)50(64-57(71)73-7)37-21-31(4)75-32(5)22-37/h13-16,23-32,36-37,43-44,49-50,55H,8-12,17-22H2,1-7H3,(H,59,61)(H,60,62)(H,63,70)(H,64,71)/t29?,30?,31?,32?,36?,37?,43-,44-,49?,50?,55?/m0/s1. The van der Waals surface area contributed by atoms with E-state index in [2.05, 4.69) is 50.3 Å². The topological polar surface area (TPSA) is 207 Å². The Morgan fingerprint density at radius 1 is 0.740 bits per heavy atom. The molecule has 18 nitrogen and oxygen atoms in total. The third-order valence-electron chi connectivity index (χ3n) is 16.3. The van der Waals surface area contributed by atoms with Crippen LogP contribution in [-0.4, -0.2) is 122 Å². The number of rotatable bonds is 12. The lowest BCUT2D eigenvalue weighted by Crippen LogP contribution is -2.54. The van der Waals surface area contributed by atoms with Crippen LogP contribution in [0.15, 0.2) is 60.9 Å². The predicted octanol–water partition coefficient (Wildman–Crippen LogP) is 9.97. The molecule has 5 aliphatic rings. The van der Waals surface area contributed by atoms with E-state index in [4.69, 9.17) is 33.7 Å². The minimum absolute atomic E-state index is 0.0531. The van der Waals surface area contributed by atoms with Crippen molar-refractivity contribution in [1.29, 1.82) is 0 Å². The van der Waals surface area contributed by atoms with Crippen molar-refractivity contribution in [2.75, 3.05) is 27.3 Å². The lowest BCUT2D eigenvalue weighted by molar-refractivity contribution is -0.139. The molecule has 0 bridgehead atoms. The fourth-order valence-electron chi connectivity index (χ4n) is 12.9. The number of nitrogens with zero attached hydrogens (tertiary/aromatic N) is 5. The van der Waals surface area contributed by atoms with Gasteiger partial charge in [0, 0.05) is 34.5 Å². The zero-order valence-electron chi connectivity index (χ0n) is 44.6. The molecule has 0 radical (unpaired) electrons. The first-order valence-corrected chi connectivity index (χ1v) is 28.0. The monoisotopic (exact) mass is 1070 g/mol. The normalized spacial score (nSPS) is 25.9. The summed E-state index contributed by atoms with van der Waals surface area (Å²) in [4.78, 5) is 76.5. The number of halogens is 1. The first-order chi connectivity index (χ1) is 37.2. The Balaban J connectivity index is 0.878. The van der Waals surface area contributed by atoms with Gasteiger partial charge in [0.05, 0.1) is 96.2 Å². The van der Waals surface area contributed by atoms with Crippen molar-refractivity contribution in [1.82, 2.24) is 44.9 Å². The number of H-pyrrole nitrogens is 2. The minimum atomic E-state index is -0.801. The van der Waals surface area contributed by atoms with Gasteiger partial charge in [0.1, 0.15) is 35.3 Å². The molecule has 5 aliphatic heterocycles. The van der Waals surface area contributed by atoms with Gasteiger partial charge in [-0.1, -0.05) is 13.0 Å². The number of fused-ring (bicyclic) bond motifs is 5. The molecule has 77 heavy (non-hydrogen) atoms. The first-order valence-electron chi connectivity index (χ1n) is 27.1. The second-order valence-electron chi connectivity index (χ2n) is 21.6. The maximum Gasteiger partial charge on any atom is 0.407 e. The lowest BCUT2D eigenvalue weighted by Gasteiger charge is -2.38. The number of thiophene rings is 1. The van der Waals surface area contributed by atoms with Crippen LogP contribution in [0.3, 0.4) is 0 Å². The van der Waals surface area contributed by atoms with Gasteiger partial charge in [-0.15, -0.1) is 11.3 Å². The van der Waals surface area contributed by atoms with Crippen molar-refractivity contribution in [3.8, 4) is 39.5 Å². The van der Waals surface area contributed by atoms with E-state index >= 15 is 4.39 Å². The highest BCUT2D eigenvalue weighted by molar-refractivity contribution is 7.12. The van der Waals surface area contributed by atoms with Crippen molar-refractivity contribution >= 4 is 46.2 Å². The summed E-state index contributed by atoms with van der Waals surface area (Å²) in [5.74, 6) is 0.526. The number of ether oxygens (including phenoxy) is 5. The second-order valence-corrected chi connectivity index (χ2v) is 22.8. The molecule has 6 aromatic rings. The van der Waals surface area contributed by atoms with Gasteiger partial charge >= 0.3 is 12.2 Å². The molecule has 7 unspecified atom stereocenters. The summed E-state index contributed by atoms with van der Waals surface area (Å²) >= 11 is 1.66. The van der Waals surface area contributed by atoms with Crippen LogP contribution < -0.4 is 15.4 Å². The van der Waals surface area contributed by atoms with E-state index in [9.17, 15) is 19.2 Å². The molecule has 20 heteroatoms. The predicted molar refractivity (Wildman–Crippen MR) is 286 cm³/mol. The van der Waals surface area contributed by atoms with E-state index in [0.717, 1.165) is 46.3 Å². The van der Waals surface area contributed by atoms with Gasteiger partial charge in [-0.05, 0) is 140 Å². The zero-order valence-corrected chi connectivity index (χ0v) is 45.4. The number of carbonyl (C=O) groups is 4. The molecule has 9 atom stereocenters. The maximum absolute atomic E-state index is 17.1. The average Bonchev–Trinajstić information content (AvgIpc) is 4.30. The Bertz CT molecular complexity index is 3170. The van der Waals surface area contributed by atoms with Crippen LogP contribution in [0.4, 0.5) is 14.0 Å². The molecule has 9 heterocycles. The second kappa shape index (κ2) is 21.6. The number of alkyl carbamates (subject to hydrolysis) is 2. The number of imidazole rings is 2. The molecule has 4 amide bonds. The molecule has 4 N–H and O–H groups in total. The molecule has 0 spiro atoms. The Labute approximate surface area is 450 Å².